The average Bonchev–Trinajstić information content (AvgIpc) is 3.16. The molecule has 0 bridgehead atoms. The van der Waals surface area contributed by atoms with Crippen LogP contribution in [0.15, 0.2) is 33.0 Å². The zero-order valence-electron chi connectivity index (χ0n) is 17.1. The largest absolute Gasteiger partial charge is 0.563 e. The molecule has 29 heavy (non-hydrogen) atoms. The summed E-state index contributed by atoms with van der Waals surface area (Å²) in [6.45, 7) is 7.92. The molecule has 1 atom stereocenters. The summed E-state index contributed by atoms with van der Waals surface area (Å²) in [7, 11) is 1.53. The van der Waals surface area contributed by atoms with E-state index >= 15 is 0 Å². The van der Waals surface area contributed by atoms with E-state index in [4.69, 9.17) is 14.4 Å². The molecule has 9 nitrogen and oxygen atoms in total. The molecule has 1 aliphatic heterocycles. The number of hydrogen-bond acceptors (Lipinski definition) is 7. The fourth-order valence-corrected chi connectivity index (χ4v) is 3.24. The van der Waals surface area contributed by atoms with Crippen molar-refractivity contribution in [1.82, 2.24) is 10.1 Å². The van der Waals surface area contributed by atoms with Gasteiger partial charge in [-0.05, 0) is 18.6 Å². The molecule has 2 heterocycles. The summed E-state index contributed by atoms with van der Waals surface area (Å²) < 4.78 is 10.1. The maximum absolute atomic E-state index is 13.0. The van der Waals surface area contributed by atoms with E-state index in [1.807, 2.05) is 27.7 Å². The van der Waals surface area contributed by atoms with E-state index in [9.17, 15) is 9.59 Å². The molecule has 9 heteroatoms. The third-order valence-corrected chi connectivity index (χ3v) is 4.76. The third kappa shape index (κ3) is 3.65. The molecule has 2 amide bonds. The quantitative estimate of drug-likeness (QED) is 0.413. The topological polar surface area (TPSA) is 120 Å². The van der Waals surface area contributed by atoms with Crippen LogP contribution in [0.25, 0.3) is 0 Å². The molecular formula is C20H25N4O5+. The summed E-state index contributed by atoms with van der Waals surface area (Å²) in [6.07, 6.45) is 0.577. The smallest absolute Gasteiger partial charge is 0.518 e. The van der Waals surface area contributed by atoms with Gasteiger partial charge in [-0.3, -0.25) is 14.5 Å². The van der Waals surface area contributed by atoms with E-state index in [2.05, 4.69) is 15.4 Å². The Labute approximate surface area is 168 Å². The number of rotatable bonds is 6. The van der Waals surface area contributed by atoms with Gasteiger partial charge in [-0.1, -0.05) is 33.8 Å². The molecule has 0 radical (unpaired) electrons. The van der Waals surface area contributed by atoms with Crippen LogP contribution < -0.4 is 0 Å². The molecule has 1 unspecified atom stereocenters. The van der Waals surface area contributed by atoms with Gasteiger partial charge in [-0.15, -0.1) is 14.8 Å². The van der Waals surface area contributed by atoms with Crippen molar-refractivity contribution in [1.29, 1.82) is 0 Å². The van der Waals surface area contributed by atoms with Gasteiger partial charge in [0.15, 0.2) is 5.69 Å². The molecule has 0 spiro atoms. The van der Waals surface area contributed by atoms with E-state index < -0.39 is 11.3 Å². The molecule has 2 aromatic rings. The molecule has 0 fully saturated rings. The van der Waals surface area contributed by atoms with Crippen molar-refractivity contribution in [3.05, 3.63) is 35.0 Å². The molecule has 1 aliphatic rings. The Kier molecular flexibility index (Phi) is 5.52. The zero-order chi connectivity index (χ0) is 21.3. The van der Waals surface area contributed by atoms with E-state index in [1.165, 1.54) is 12.0 Å². The summed E-state index contributed by atoms with van der Waals surface area (Å²) in [5.74, 6) is -0.996. The second-order valence-corrected chi connectivity index (χ2v) is 7.86. The van der Waals surface area contributed by atoms with Crippen LogP contribution in [0.4, 0.5) is 11.4 Å². The molecule has 0 aliphatic carbocycles. The standard InChI is InChI=1S/C20H24N4O5/c1-6-11(10-28-5)24-17(25)12-8-7-9-13(14(12)18(24)26)21-22-15-16(20(2,3)4)23-29-19(15)27/h7-9,11,27H,6,10H2,1-5H3/p+1. The van der Waals surface area contributed by atoms with E-state index in [0.717, 1.165) is 0 Å². The minimum absolute atomic E-state index is 0.203. The third-order valence-electron chi connectivity index (χ3n) is 4.76. The lowest BCUT2D eigenvalue weighted by molar-refractivity contribution is 0.0466. The van der Waals surface area contributed by atoms with Crippen LogP contribution in [0, 0.1) is 0 Å². The first-order chi connectivity index (χ1) is 13.7. The van der Waals surface area contributed by atoms with Crippen molar-refractivity contribution in [3.8, 4) is 5.95 Å². The second kappa shape index (κ2) is 7.75. The summed E-state index contributed by atoms with van der Waals surface area (Å²) in [5, 5.41) is 20.1. The summed E-state index contributed by atoms with van der Waals surface area (Å²) >= 11 is 0. The van der Waals surface area contributed by atoms with Gasteiger partial charge < -0.3 is 9.84 Å². The number of methoxy groups -OCH3 is 1. The molecule has 3 rings (SSSR count). The number of benzene rings is 1. The Hall–Kier alpha value is -3.07. The normalized spacial score (nSPS) is 15.4. The Morgan fingerprint density at radius 2 is 1.97 bits per heavy atom. The molecular weight excluding hydrogens is 376 g/mol. The molecule has 154 valence electrons. The van der Waals surface area contributed by atoms with Crippen LogP contribution >= 0.6 is 0 Å². The number of azo groups is 1. The number of nitrogens with zero attached hydrogens (tertiary/aromatic N) is 4. The Morgan fingerprint density at radius 1 is 1.24 bits per heavy atom. The molecule has 0 saturated carbocycles. The lowest BCUT2D eigenvalue weighted by Gasteiger charge is -2.24. The Balaban J connectivity index is 2.02. The van der Waals surface area contributed by atoms with Crippen LogP contribution in [-0.2, 0) is 10.2 Å². The van der Waals surface area contributed by atoms with Gasteiger partial charge >= 0.3 is 5.95 Å². The van der Waals surface area contributed by atoms with Crippen molar-refractivity contribution in [2.24, 2.45) is 10.2 Å². The molecule has 1 aromatic carbocycles. The lowest BCUT2D eigenvalue weighted by atomic mass is 9.91. The first-order valence-corrected chi connectivity index (χ1v) is 9.34. The van der Waals surface area contributed by atoms with Crippen molar-refractivity contribution in [2.45, 2.75) is 45.6 Å². The van der Waals surface area contributed by atoms with E-state index in [0.29, 0.717) is 12.1 Å². The SMILES string of the molecule is CCC(COC)N1C(=O)c2cccc(N=Nc3c(C(C)(C)C)noc3[OH2+])c2C1=O. The minimum atomic E-state index is -0.420. The predicted octanol–water partition coefficient (Wildman–Crippen LogP) is 3.85. The Morgan fingerprint density at radius 3 is 2.59 bits per heavy atom. The summed E-state index contributed by atoms with van der Waals surface area (Å²) in [6, 6.07) is 4.51. The highest BCUT2D eigenvalue weighted by Gasteiger charge is 2.41. The van der Waals surface area contributed by atoms with Gasteiger partial charge in [0.05, 0.1) is 29.5 Å². The van der Waals surface area contributed by atoms with Crippen LogP contribution in [0.5, 0.6) is 5.95 Å². The number of ether oxygens (including phenoxy) is 1. The number of carbonyl (C=O) groups is 2. The number of fused-ring (bicyclic) bond motifs is 1. The number of imide groups is 1. The second-order valence-electron chi connectivity index (χ2n) is 7.86. The summed E-state index contributed by atoms with van der Waals surface area (Å²) in [4.78, 5) is 27.1. The van der Waals surface area contributed by atoms with Gasteiger partial charge in [-0.2, -0.15) is 0 Å². The van der Waals surface area contributed by atoms with Crippen molar-refractivity contribution < 1.29 is 24.0 Å². The molecule has 0 saturated heterocycles. The van der Waals surface area contributed by atoms with Crippen LogP contribution in [0.2, 0.25) is 0 Å². The monoisotopic (exact) mass is 401 g/mol. The van der Waals surface area contributed by atoms with E-state index in [1.54, 1.807) is 18.2 Å². The van der Waals surface area contributed by atoms with Gasteiger partial charge in [-0.25, -0.2) is 0 Å². The number of hydrogen-bond donors (Lipinski definition) is 0. The fraction of sp³-hybridized carbons (Fsp3) is 0.450. The zero-order valence-corrected chi connectivity index (χ0v) is 17.1. The number of amides is 2. The number of carbonyl (C=O) groups excluding carboxylic acids is 2. The first kappa shape index (κ1) is 20.7. The molecule has 2 N–H and O–H groups in total. The van der Waals surface area contributed by atoms with Crippen molar-refractivity contribution in [3.63, 3.8) is 0 Å². The highest BCUT2D eigenvalue weighted by Crippen LogP contribution is 2.40. The van der Waals surface area contributed by atoms with Crippen LogP contribution in [0.3, 0.4) is 0 Å². The van der Waals surface area contributed by atoms with Gasteiger partial charge in [0, 0.05) is 17.7 Å². The highest BCUT2D eigenvalue weighted by atomic mass is 16.6. The van der Waals surface area contributed by atoms with Gasteiger partial charge in [0.2, 0.25) is 0 Å². The molecule has 1 aromatic heterocycles. The highest BCUT2D eigenvalue weighted by molar-refractivity contribution is 6.23. The van der Waals surface area contributed by atoms with Crippen LogP contribution in [0.1, 0.15) is 60.5 Å². The average molecular weight is 401 g/mol. The fourth-order valence-electron chi connectivity index (χ4n) is 3.24. The van der Waals surface area contributed by atoms with Crippen LogP contribution in [-0.4, -0.2) is 46.7 Å². The van der Waals surface area contributed by atoms with Gasteiger partial charge in [0.25, 0.3) is 17.5 Å². The van der Waals surface area contributed by atoms with Crippen molar-refractivity contribution >= 4 is 23.2 Å². The Bertz CT molecular complexity index is 974. The summed E-state index contributed by atoms with van der Waals surface area (Å²) in [5.41, 5.74) is 1.05. The number of aromatic nitrogens is 1. The van der Waals surface area contributed by atoms with Gasteiger partial charge in [0.1, 0.15) is 0 Å². The van der Waals surface area contributed by atoms with E-state index in [-0.39, 0.29) is 47.0 Å². The maximum Gasteiger partial charge on any atom is 0.518 e. The minimum Gasteiger partial charge on any atom is -0.563 e. The lowest BCUT2D eigenvalue weighted by Crippen LogP contribution is -2.42. The predicted molar refractivity (Wildman–Crippen MR) is 105 cm³/mol. The first-order valence-electron chi connectivity index (χ1n) is 9.34. The maximum atomic E-state index is 13.0. The van der Waals surface area contributed by atoms with Crippen molar-refractivity contribution in [2.75, 3.05) is 13.7 Å².